The van der Waals surface area contributed by atoms with Crippen molar-refractivity contribution in [2.45, 2.75) is 25.9 Å². The Labute approximate surface area is 198 Å². The maximum absolute atomic E-state index is 12.0. The van der Waals surface area contributed by atoms with Crippen molar-refractivity contribution in [3.63, 3.8) is 0 Å². The Morgan fingerprint density at radius 1 is 1.23 bits per heavy atom. The Balaban J connectivity index is 1.94. The van der Waals surface area contributed by atoms with E-state index in [-0.39, 0.29) is 24.9 Å². The molecule has 0 radical (unpaired) electrons. The van der Waals surface area contributed by atoms with Crippen LogP contribution in [0.5, 0.6) is 11.5 Å². The lowest BCUT2D eigenvalue weighted by Crippen LogP contribution is -2.20. The van der Waals surface area contributed by atoms with E-state index in [1.807, 2.05) is 19.9 Å². The number of nitrogens with zero attached hydrogens (tertiary/aromatic N) is 3. The largest absolute Gasteiger partial charge is 0.493 e. The summed E-state index contributed by atoms with van der Waals surface area (Å²) in [5.74, 6) is 0.272. The summed E-state index contributed by atoms with van der Waals surface area (Å²) in [5, 5.41) is 4.53. The topological polar surface area (TPSA) is 112 Å². The number of nitrogens with one attached hydrogen (secondary N) is 1. The van der Waals surface area contributed by atoms with Gasteiger partial charge < -0.3 is 14.2 Å². The summed E-state index contributed by atoms with van der Waals surface area (Å²) >= 11 is 3.31. The fourth-order valence-electron chi connectivity index (χ4n) is 2.39. The Hall–Kier alpha value is -2.41. The van der Waals surface area contributed by atoms with Crippen LogP contribution in [0.1, 0.15) is 23.9 Å². The third-order valence-corrected chi connectivity index (χ3v) is 5.24. The molecule has 1 aromatic carbocycles. The number of aryl methyl sites for hydroxylation is 2. The van der Waals surface area contributed by atoms with E-state index >= 15 is 0 Å². The molecule has 1 amide bonds. The Morgan fingerprint density at radius 3 is 2.58 bits per heavy atom. The molecule has 1 aromatic heterocycles. The van der Waals surface area contributed by atoms with Gasteiger partial charge in [0.2, 0.25) is 0 Å². The van der Waals surface area contributed by atoms with Crippen LogP contribution in [-0.2, 0) is 14.3 Å². The normalized spacial score (nSPS) is 10.7. The third kappa shape index (κ3) is 8.32. The lowest BCUT2D eigenvalue weighted by atomic mass is 10.2. The molecule has 1 heterocycles. The van der Waals surface area contributed by atoms with Crippen LogP contribution in [0, 0.1) is 17.4 Å². The molecule has 0 aliphatic carbocycles. The van der Waals surface area contributed by atoms with Crippen LogP contribution in [0.15, 0.2) is 28.5 Å². The molecular weight excluding hydrogens is 535 g/mol. The number of esters is 1. The van der Waals surface area contributed by atoms with Crippen LogP contribution in [0.4, 0.5) is 0 Å². The summed E-state index contributed by atoms with van der Waals surface area (Å²) in [6, 6.07) is 5.35. The number of amides is 1. The van der Waals surface area contributed by atoms with Gasteiger partial charge >= 0.3 is 5.97 Å². The molecule has 0 saturated carbocycles. The predicted octanol–water partition coefficient (Wildman–Crippen LogP) is 2.89. The number of hydrogen-bond donors (Lipinski definition) is 1. The average Bonchev–Trinajstić information content (AvgIpc) is 2.70. The Kier molecular flexibility index (Phi) is 9.98. The minimum Gasteiger partial charge on any atom is -0.493 e. The lowest BCUT2D eigenvalue weighted by Gasteiger charge is -2.13. The summed E-state index contributed by atoms with van der Waals surface area (Å²) in [7, 11) is 1.50. The van der Waals surface area contributed by atoms with Crippen molar-refractivity contribution in [2.75, 3.05) is 26.1 Å². The smallest absolute Gasteiger partial charge is 0.344 e. The zero-order valence-corrected chi connectivity index (χ0v) is 20.6. The monoisotopic (exact) mass is 558 g/mol. The van der Waals surface area contributed by atoms with Crippen molar-refractivity contribution < 1.29 is 23.8 Å². The standard InChI is InChI=1S/C20H23IN4O5S/c1-5-29-18(27)10-30-19-15(21)7-14(8-16(19)28-4)9-22-25-17(26)11-31-20-23-12(2)6-13(3)24-20/h6-9H,5,10-11H2,1-4H3,(H,25,26)/b22-9-. The highest BCUT2D eigenvalue weighted by molar-refractivity contribution is 14.1. The number of ether oxygens (including phenoxy) is 3. The van der Waals surface area contributed by atoms with E-state index in [4.69, 9.17) is 14.2 Å². The number of carbonyl (C=O) groups is 2. The quantitative estimate of drug-likeness (QED) is 0.118. The molecule has 2 aromatic rings. The molecule has 0 saturated heterocycles. The highest BCUT2D eigenvalue weighted by Gasteiger charge is 2.13. The van der Waals surface area contributed by atoms with E-state index in [2.05, 4.69) is 43.1 Å². The molecule has 0 aliphatic heterocycles. The summed E-state index contributed by atoms with van der Waals surface area (Å²) in [6.07, 6.45) is 1.50. The minimum atomic E-state index is -0.460. The first kappa shape index (κ1) is 24.9. The van der Waals surface area contributed by atoms with Gasteiger partial charge in [0, 0.05) is 11.4 Å². The predicted molar refractivity (Wildman–Crippen MR) is 126 cm³/mol. The molecule has 166 valence electrons. The molecule has 0 atom stereocenters. The fraction of sp³-hybridized carbons (Fsp3) is 0.350. The number of halogens is 1. The van der Waals surface area contributed by atoms with Gasteiger partial charge in [0.1, 0.15) is 0 Å². The maximum Gasteiger partial charge on any atom is 0.344 e. The molecule has 0 aliphatic rings. The number of methoxy groups -OCH3 is 1. The number of rotatable bonds is 10. The molecular formula is C20H23IN4O5S. The van der Waals surface area contributed by atoms with E-state index in [0.717, 1.165) is 15.0 Å². The fourth-order valence-corrected chi connectivity index (χ4v) is 3.91. The van der Waals surface area contributed by atoms with E-state index < -0.39 is 5.97 Å². The van der Waals surface area contributed by atoms with Gasteiger partial charge in [-0.05, 0) is 67.1 Å². The van der Waals surface area contributed by atoms with Crippen molar-refractivity contribution in [2.24, 2.45) is 5.10 Å². The van der Waals surface area contributed by atoms with Gasteiger partial charge in [0.05, 0.1) is 29.3 Å². The van der Waals surface area contributed by atoms with Gasteiger partial charge in [0.25, 0.3) is 5.91 Å². The first-order valence-corrected chi connectivity index (χ1v) is 11.3. The Morgan fingerprint density at radius 2 is 1.94 bits per heavy atom. The van der Waals surface area contributed by atoms with Gasteiger partial charge in [-0.3, -0.25) is 4.79 Å². The number of aromatic nitrogens is 2. The molecule has 0 fully saturated rings. The second kappa shape index (κ2) is 12.4. The second-order valence-corrected chi connectivity index (χ2v) is 8.25. The first-order chi connectivity index (χ1) is 14.8. The number of thioether (sulfide) groups is 1. The van der Waals surface area contributed by atoms with Crippen molar-refractivity contribution >= 4 is 52.4 Å². The van der Waals surface area contributed by atoms with Crippen LogP contribution < -0.4 is 14.9 Å². The van der Waals surface area contributed by atoms with Crippen molar-refractivity contribution in [1.82, 2.24) is 15.4 Å². The summed E-state index contributed by atoms with van der Waals surface area (Å²) in [4.78, 5) is 32.1. The maximum atomic E-state index is 12.0. The first-order valence-electron chi connectivity index (χ1n) is 9.25. The van der Waals surface area contributed by atoms with Crippen LogP contribution in [0.3, 0.4) is 0 Å². The van der Waals surface area contributed by atoms with Gasteiger partial charge in [0.15, 0.2) is 23.3 Å². The van der Waals surface area contributed by atoms with Crippen LogP contribution in [0.2, 0.25) is 0 Å². The van der Waals surface area contributed by atoms with E-state index in [1.165, 1.54) is 25.1 Å². The molecule has 0 spiro atoms. The van der Waals surface area contributed by atoms with Crippen LogP contribution in [-0.4, -0.2) is 54.1 Å². The molecule has 31 heavy (non-hydrogen) atoms. The number of benzene rings is 1. The molecule has 1 N–H and O–H groups in total. The van der Waals surface area contributed by atoms with Crippen molar-refractivity contribution in [3.05, 3.63) is 38.7 Å². The average molecular weight is 558 g/mol. The van der Waals surface area contributed by atoms with Crippen LogP contribution >= 0.6 is 34.4 Å². The zero-order chi connectivity index (χ0) is 22.8. The Bertz CT molecular complexity index is 951. The van der Waals surface area contributed by atoms with Gasteiger partial charge in [-0.1, -0.05) is 11.8 Å². The summed E-state index contributed by atoms with van der Waals surface area (Å²) < 4.78 is 16.4. The van der Waals surface area contributed by atoms with E-state index in [1.54, 1.807) is 19.1 Å². The summed E-state index contributed by atoms with van der Waals surface area (Å²) in [5.41, 5.74) is 4.87. The van der Waals surface area contributed by atoms with Gasteiger partial charge in [-0.25, -0.2) is 20.2 Å². The highest BCUT2D eigenvalue weighted by Crippen LogP contribution is 2.33. The van der Waals surface area contributed by atoms with Crippen molar-refractivity contribution in [1.29, 1.82) is 0 Å². The molecule has 0 unspecified atom stereocenters. The number of hydrogen-bond acceptors (Lipinski definition) is 9. The zero-order valence-electron chi connectivity index (χ0n) is 17.6. The van der Waals surface area contributed by atoms with Gasteiger partial charge in [-0.15, -0.1) is 0 Å². The van der Waals surface area contributed by atoms with Gasteiger partial charge in [-0.2, -0.15) is 5.10 Å². The molecule has 11 heteroatoms. The van der Waals surface area contributed by atoms with Crippen molar-refractivity contribution in [3.8, 4) is 11.5 Å². The number of carbonyl (C=O) groups excluding carboxylic acids is 2. The number of hydrazone groups is 1. The van der Waals surface area contributed by atoms with Crippen LogP contribution in [0.25, 0.3) is 0 Å². The second-order valence-electron chi connectivity index (χ2n) is 6.14. The van der Waals surface area contributed by atoms with E-state index in [9.17, 15) is 9.59 Å². The SMILES string of the molecule is CCOC(=O)COc1c(I)cc(/C=N\NC(=O)CSc2nc(C)cc(C)n2)cc1OC. The highest BCUT2D eigenvalue weighted by atomic mass is 127. The third-order valence-electron chi connectivity index (χ3n) is 3.59. The lowest BCUT2D eigenvalue weighted by molar-refractivity contribution is -0.145. The van der Waals surface area contributed by atoms with E-state index in [0.29, 0.717) is 22.2 Å². The molecule has 2 rings (SSSR count). The molecule has 0 bridgehead atoms. The molecule has 9 nitrogen and oxygen atoms in total. The summed E-state index contributed by atoms with van der Waals surface area (Å²) in [6.45, 7) is 5.56. The minimum absolute atomic E-state index is 0.141.